The van der Waals surface area contributed by atoms with Crippen LogP contribution in [0.2, 0.25) is 0 Å². The first kappa shape index (κ1) is 23.8. The van der Waals surface area contributed by atoms with Crippen molar-refractivity contribution in [1.82, 2.24) is 0 Å². The Hall–Kier alpha value is 2.35. The monoisotopic (exact) mass is 377 g/mol. The van der Waals surface area contributed by atoms with Gasteiger partial charge in [0.2, 0.25) is 0 Å². The Morgan fingerprint density at radius 3 is 1.00 bits per heavy atom. The molecule has 0 heterocycles. The molecule has 0 N–H and O–H groups in total. The van der Waals surface area contributed by atoms with Gasteiger partial charge in [-0.05, 0) is 0 Å². The Bertz CT molecular complexity index is 28.5. The van der Waals surface area contributed by atoms with E-state index in [0.29, 0.717) is 0 Å². The first-order chi connectivity index (χ1) is 1.41. The van der Waals surface area contributed by atoms with Gasteiger partial charge < -0.3 is 27.0 Å². The molecule has 0 unspecified atom stereocenters. The molecule has 0 atom stereocenters. The van der Waals surface area contributed by atoms with Gasteiger partial charge in [0, 0.05) is 0 Å². The molecule has 6 heavy (non-hydrogen) atoms. The van der Waals surface area contributed by atoms with Crippen LogP contribution in [-0.2, 0) is 59.0 Å². The number of thiol groups is 2. The molecule has 0 aliphatic rings. The molecule has 0 rings (SSSR count). The summed E-state index contributed by atoms with van der Waals surface area (Å²) in [6.07, 6.45) is 0. The van der Waals surface area contributed by atoms with Crippen LogP contribution in [0.4, 0.5) is 0 Å². The van der Waals surface area contributed by atoms with E-state index in [0.717, 1.165) is 0 Å². The second kappa shape index (κ2) is 26.4. The topological polar surface area (TPSA) is 0 Å². The van der Waals surface area contributed by atoms with Crippen LogP contribution in [0.5, 0.6) is 0 Å². The van der Waals surface area contributed by atoms with Crippen molar-refractivity contribution in [2.24, 2.45) is 0 Å². The third kappa shape index (κ3) is 32.9. The van der Waals surface area contributed by atoms with E-state index in [4.69, 9.17) is 0 Å². The summed E-state index contributed by atoms with van der Waals surface area (Å²) in [4.78, 5) is 0. The zero-order chi connectivity index (χ0) is 2.71. The number of rotatable bonds is 0. The predicted octanol–water partition coefficient (Wildman–Crippen LogP) is 0.751. The molecule has 0 fully saturated rings. The second-order valence-electron chi connectivity index (χ2n) is 0.0680. The van der Waals surface area contributed by atoms with Gasteiger partial charge in [0.25, 0.3) is 0 Å². The quantitative estimate of drug-likeness (QED) is 0.347. The molecule has 0 bridgehead atoms. The summed E-state index contributed by atoms with van der Waals surface area (Å²) >= 11 is -0.583. The fourth-order valence-corrected chi connectivity index (χ4v) is 0. The van der Waals surface area contributed by atoms with E-state index >= 15 is 0 Å². The van der Waals surface area contributed by atoms with Crippen molar-refractivity contribution in [2.45, 2.75) is 0 Å². The Balaban J connectivity index is -0.00000000667. The summed E-state index contributed by atoms with van der Waals surface area (Å²) in [6, 6.07) is 0. The number of hydrogen-bond donors (Lipinski definition) is 0. The molecular formula is H2CuS4W. The zero-order valence-corrected chi connectivity index (χ0v) is 9.72. The summed E-state index contributed by atoms with van der Waals surface area (Å²) in [6.45, 7) is 0. The molecule has 0 aliphatic carbocycles. The summed E-state index contributed by atoms with van der Waals surface area (Å²) < 4.78 is 0. The van der Waals surface area contributed by atoms with Gasteiger partial charge in [-0.2, -0.15) is 0 Å². The van der Waals surface area contributed by atoms with Gasteiger partial charge in [-0.25, -0.2) is 0 Å². The number of hydrogen-bond acceptors (Lipinski definition) is 4. The minimum absolute atomic E-state index is 0. The van der Waals surface area contributed by atoms with Crippen molar-refractivity contribution in [3.05, 3.63) is 0 Å². The molecule has 6 heteroatoms. The molecule has 0 aromatic rings. The van der Waals surface area contributed by atoms with E-state index in [1.54, 1.807) is 0 Å². The molecule has 0 saturated carbocycles. The van der Waals surface area contributed by atoms with Crippen LogP contribution in [0.3, 0.4) is 0 Å². The van der Waals surface area contributed by atoms with Crippen LogP contribution >= 0.6 is 19.6 Å². The van der Waals surface area contributed by atoms with Gasteiger partial charge >= 0.3 is 51.6 Å². The van der Waals surface area contributed by atoms with E-state index in [1.165, 1.54) is 0 Å². The van der Waals surface area contributed by atoms with Crippen molar-refractivity contribution in [3.8, 4) is 0 Å². The first-order valence-electron chi connectivity index (χ1n) is 0.333. The third-order valence-corrected chi connectivity index (χ3v) is 0. The van der Waals surface area contributed by atoms with Gasteiger partial charge in [-0.1, -0.05) is 0 Å². The Labute approximate surface area is 77.6 Å². The van der Waals surface area contributed by atoms with Crippen molar-refractivity contribution in [2.75, 3.05) is 0 Å². The van der Waals surface area contributed by atoms with E-state index in [9.17, 15) is 0 Å². The summed E-state index contributed by atoms with van der Waals surface area (Å²) in [5.74, 6) is 0. The minimum atomic E-state index is -0.583. The van der Waals surface area contributed by atoms with Crippen molar-refractivity contribution < 1.29 is 32.0 Å². The van der Waals surface area contributed by atoms with Crippen LogP contribution in [0.25, 0.3) is 0 Å². The average molecular weight is 378 g/mol. The molecule has 0 aliphatic heterocycles. The zero-order valence-electron chi connectivity index (χ0n) is 2.42. The van der Waals surface area contributed by atoms with E-state index in [1.807, 2.05) is 0 Å². The predicted molar refractivity (Wildman–Crippen MR) is 32.7 cm³/mol. The molecular weight excluding hydrogens is 376 g/mol. The van der Waals surface area contributed by atoms with E-state index in [2.05, 4.69) is 19.6 Å². The van der Waals surface area contributed by atoms with E-state index < -0.39 is 14.9 Å². The van der Waals surface area contributed by atoms with Crippen LogP contribution < -0.4 is 0 Å². The average Bonchev–Trinajstić information content (AvgIpc) is 0.918. The Kier molecular flexibility index (Phi) is 105. The van der Waals surface area contributed by atoms with Crippen LogP contribution in [0, 0.1) is 0 Å². The summed E-state index contributed by atoms with van der Waals surface area (Å²) in [5.41, 5.74) is 0. The van der Waals surface area contributed by atoms with Crippen molar-refractivity contribution in [3.63, 3.8) is 0 Å². The maximum atomic E-state index is 4.38. The van der Waals surface area contributed by atoms with Crippen LogP contribution in [0.1, 0.15) is 0 Å². The van der Waals surface area contributed by atoms with Crippen LogP contribution in [-0.4, -0.2) is 0 Å². The van der Waals surface area contributed by atoms with Gasteiger partial charge in [0.05, 0.1) is 0 Å². The fourth-order valence-electron chi connectivity index (χ4n) is 0. The molecule has 0 aromatic carbocycles. The molecule has 0 nitrogen and oxygen atoms in total. The van der Waals surface area contributed by atoms with Crippen molar-refractivity contribution in [1.29, 1.82) is 0 Å². The van der Waals surface area contributed by atoms with E-state index in [-0.39, 0.29) is 44.1 Å². The maximum absolute atomic E-state index is 4.38. The molecule has 0 amide bonds. The molecule has 43 valence electrons. The normalized spacial score (nSPS) is 2.00. The van der Waals surface area contributed by atoms with Gasteiger partial charge in [-0.3, -0.25) is 0 Å². The van der Waals surface area contributed by atoms with Gasteiger partial charge in [0.15, 0.2) is 0 Å². The Morgan fingerprint density at radius 1 is 1.00 bits per heavy atom. The molecule has 0 aromatic heterocycles. The van der Waals surface area contributed by atoms with Crippen LogP contribution in [0.15, 0.2) is 0 Å². The van der Waals surface area contributed by atoms with Gasteiger partial charge in [0.1, 0.15) is 0 Å². The molecule has 0 spiro atoms. The summed E-state index contributed by atoms with van der Waals surface area (Å²) in [5, 5.41) is 0. The van der Waals surface area contributed by atoms with Crippen molar-refractivity contribution >= 4 is 46.6 Å². The van der Waals surface area contributed by atoms with Gasteiger partial charge in [-0.15, -0.1) is 0 Å². The third-order valence-electron chi connectivity index (χ3n) is 0. The summed E-state index contributed by atoms with van der Waals surface area (Å²) in [7, 11) is 8.75. The first-order valence-corrected chi connectivity index (χ1v) is 8.19. The standard InChI is InChI=1S/Cu.2H2S.2S.W/h;2*1H2;;;/q+2;;;;;/p-2. The Morgan fingerprint density at radius 2 is 1.00 bits per heavy atom. The fraction of sp³-hybridized carbons (Fsp3) is 0. The second-order valence-corrected chi connectivity index (χ2v) is 5.01. The molecule has 0 saturated heterocycles. The molecule has 1 radical (unpaired) electrons. The SMILES string of the molecule is [Cu+2].[SH-].[SH-].[S]=[W]=[S].